The number of carboxylic acids is 1. The molecule has 0 amide bonds. The molecular formula is C42H42N8O5. The molecule has 4 N–H and O–H groups in total. The number of benzene rings is 3. The normalized spacial score (nSPS) is 16.9. The number of hydrogen-bond donors (Lipinski definition) is 4. The van der Waals surface area contributed by atoms with E-state index in [4.69, 9.17) is 14.4 Å². The van der Waals surface area contributed by atoms with Crippen molar-refractivity contribution in [1.29, 1.82) is 5.26 Å². The smallest absolute Gasteiger partial charge is 0.306 e. The molecular weight excluding hydrogens is 697 g/mol. The summed E-state index contributed by atoms with van der Waals surface area (Å²) >= 11 is 0. The number of piperidine rings is 1. The summed E-state index contributed by atoms with van der Waals surface area (Å²) in [6.45, 7) is 7.84. The Labute approximate surface area is 317 Å². The number of fused-ring (bicyclic) bond motifs is 2. The molecule has 8 rings (SSSR count). The van der Waals surface area contributed by atoms with Gasteiger partial charge in [0.1, 0.15) is 23.7 Å². The van der Waals surface area contributed by atoms with Crippen LogP contribution in [0, 0.1) is 31.1 Å². The highest BCUT2D eigenvalue weighted by Crippen LogP contribution is 2.38. The van der Waals surface area contributed by atoms with Gasteiger partial charge in [-0.05, 0) is 110 Å². The molecule has 2 fully saturated rings. The third-order valence-corrected chi connectivity index (χ3v) is 10.9. The number of carboxylic acid groups (broad SMARTS) is 1. The van der Waals surface area contributed by atoms with Crippen molar-refractivity contribution in [3.05, 3.63) is 94.4 Å². The summed E-state index contributed by atoms with van der Waals surface area (Å²) in [6.07, 6.45) is 3.49. The highest BCUT2D eigenvalue weighted by atomic mass is 16.4. The number of aliphatic carboxylic acids is 1. The van der Waals surface area contributed by atoms with E-state index >= 15 is 0 Å². The minimum Gasteiger partial charge on any atom is -0.481 e. The van der Waals surface area contributed by atoms with E-state index in [0.29, 0.717) is 85.0 Å². The zero-order valence-corrected chi connectivity index (χ0v) is 30.8. The molecule has 13 nitrogen and oxygen atoms in total. The maximum atomic E-state index is 11.4. The molecule has 5 heterocycles. The minimum absolute atomic E-state index is 0.285. The van der Waals surface area contributed by atoms with Gasteiger partial charge in [-0.1, -0.05) is 24.3 Å². The predicted octanol–water partition coefficient (Wildman–Crippen LogP) is 6.09. The monoisotopic (exact) mass is 738 g/mol. The van der Waals surface area contributed by atoms with Gasteiger partial charge in [0.05, 0.1) is 23.1 Å². The summed E-state index contributed by atoms with van der Waals surface area (Å²) in [6, 6.07) is 20.1. The number of likely N-dealkylation sites (tertiary alicyclic amines) is 2. The van der Waals surface area contributed by atoms with Crippen LogP contribution in [0.25, 0.3) is 44.7 Å². The number of nitrogens with one attached hydrogen (secondary N) is 1. The molecule has 3 aromatic heterocycles. The van der Waals surface area contributed by atoms with Crippen LogP contribution in [0.4, 0.5) is 11.5 Å². The fourth-order valence-corrected chi connectivity index (χ4v) is 7.89. The quantitative estimate of drug-likeness (QED) is 0.127. The van der Waals surface area contributed by atoms with E-state index in [2.05, 4.69) is 43.3 Å². The molecule has 0 spiro atoms. The van der Waals surface area contributed by atoms with Crippen molar-refractivity contribution in [2.75, 3.05) is 31.5 Å². The number of anilines is 2. The third kappa shape index (κ3) is 7.37. The molecule has 1 atom stereocenters. The summed E-state index contributed by atoms with van der Waals surface area (Å²) in [7, 11) is 0. The number of aromatic nitrogens is 4. The predicted molar refractivity (Wildman–Crippen MR) is 207 cm³/mol. The number of pyridine rings is 1. The third-order valence-electron chi connectivity index (χ3n) is 10.9. The summed E-state index contributed by atoms with van der Waals surface area (Å²) in [5.41, 5.74) is 10.1. The largest absolute Gasteiger partial charge is 0.481 e. The summed E-state index contributed by atoms with van der Waals surface area (Å²) in [5, 5.41) is 42.9. The van der Waals surface area contributed by atoms with Crippen molar-refractivity contribution in [3.8, 4) is 28.7 Å². The lowest BCUT2D eigenvalue weighted by atomic mass is 9.93. The van der Waals surface area contributed by atoms with Gasteiger partial charge in [0.2, 0.25) is 5.89 Å². The minimum atomic E-state index is -0.738. The van der Waals surface area contributed by atoms with Gasteiger partial charge in [0, 0.05) is 43.6 Å². The molecule has 13 heteroatoms. The first-order chi connectivity index (χ1) is 26.7. The van der Waals surface area contributed by atoms with Crippen LogP contribution in [-0.4, -0.2) is 83.3 Å². The van der Waals surface area contributed by atoms with E-state index in [1.54, 1.807) is 0 Å². The Morgan fingerprint density at radius 3 is 2.35 bits per heavy atom. The van der Waals surface area contributed by atoms with Crippen LogP contribution in [0.15, 0.2) is 65.2 Å². The van der Waals surface area contributed by atoms with Crippen LogP contribution in [0.5, 0.6) is 0 Å². The number of aliphatic hydroxyl groups excluding tert-OH is 2. The van der Waals surface area contributed by atoms with Crippen LogP contribution in [0.2, 0.25) is 0 Å². The van der Waals surface area contributed by atoms with Gasteiger partial charge in [0.25, 0.3) is 0 Å². The number of rotatable bonds is 10. The Morgan fingerprint density at radius 2 is 1.62 bits per heavy atom. The first kappa shape index (κ1) is 36.2. The number of hydrogen-bond acceptors (Lipinski definition) is 12. The van der Waals surface area contributed by atoms with E-state index in [-0.39, 0.29) is 24.5 Å². The number of nitrogens with zero attached hydrogens (tertiary/aromatic N) is 7. The zero-order valence-electron chi connectivity index (χ0n) is 30.8. The van der Waals surface area contributed by atoms with Crippen molar-refractivity contribution in [3.63, 3.8) is 0 Å². The highest BCUT2D eigenvalue weighted by molar-refractivity contribution is 5.90. The second kappa shape index (κ2) is 15.2. The van der Waals surface area contributed by atoms with Crippen molar-refractivity contribution in [2.24, 2.45) is 5.92 Å². The van der Waals surface area contributed by atoms with Crippen LogP contribution >= 0.6 is 0 Å². The van der Waals surface area contributed by atoms with Crippen molar-refractivity contribution in [1.82, 2.24) is 29.7 Å². The Morgan fingerprint density at radius 1 is 0.909 bits per heavy atom. The standard InChI is InChI=1S/C42H42N8O5/c1-24-31(5-3-7-33(24)41-47-36-16-26(15-29(18-43)39(36)55-41)20-49-12-9-28(10-13-49)42(53)54)32-6-4-8-34(25(32)2)46-40-38-35(45-37(23-51)48-40)17-27(19-44-38)21-50-14-11-30(52)22-50/h3-8,15-17,19,28,30,51-52H,9-14,20-23H2,1-2H3,(H,53,54)(H,45,46,48)/t30-/m1/s1. The Bertz CT molecular complexity index is 2470. The topological polar surface area (TPSA) is 185 Å². The van der Waals surface area contributed by atoms with E-state index in [0.717, 1.165) is 57.6 Å². The lowest BCUT2D eigenvalue weighted by Gasteiger charge is -2.30. The lowest BCUT2D eigenvalue weighted by molar-refractivity contribution is -0.143. The van der Waals surface area contributed by atoms with Gasteiger partial charge < -0.3 is 25.1 Å². The SMILES string of the molecule is Cc1c(Nc2nc(CO)nc3cc(CN4CC[C@@H](O)C4)cnc23)cccc1-c1cccc(-c2nc3cc(CN4CCC(C(=O)O)CC4)cc(C#N)c3o2)c1C. The highest BCUT2D eigenvalue weighted by Gasteiger charge is 2.26. The lowest BCUT2D eigenvalue weighted by Crippen LogP contribution is -2.35. The molecule has 55 heavy (non-hydrogen) atoms. The van der Waals surface area contributed by atoms with E-state index in [9.17, 15) is 25.4 Å². The summed E-state index contributed by atoms with van der Waals surface area (Å²) in [5.74, 6) is 0.159. The van der Waals surface area contributed by atoms with Gasteiger partial charge in [-0.25, -0.2) is 15.0 Å². The van der Waals surface area contributed by atoms with Gasteiger partial charge in [-0.15, -0.1) is 0 Å². The summed E-state index contributed by atoms with van der Waals surface area (Å²) in [4.78, 5) is 34.6. The van der Waals surface area contributed by atoms with Gasteiger partial charge >= 0.3 is 5.97 Å². The molecule has 0 radical (unpaired) electrons. The second-order valence-electron chi connectivity index (χ2n) is 14.6. The Balaban J connectivity index is 1.07. The Hall–Kier alpha value is -5.78. The fourth-order valence-electron chi connectivity index (χ4n) is 7.89. The van der Waals surface area contributed by atoms with Crippen LogP contribution in [0.3, 0.4) is 0 Å². The van der Waals surface area contributed by atoms with E-state index in [1.807, 2.05) is 62.5 Å². The van der Waals surface area contributed by atoms with Crippen LogP contribution in [0.1, 0.15) is 52.9 Å². The van der Waals surface area contributed by atoms with Gasteiger partial charge in [0.15, 0.2) is 17.2 Å². The summed E-state index contributed by atoms with van der Waals surface area (Å²) < 4.78 is 6.30. The molecule has 0 aliphatic carbocycles. The molecule has 280 valence electrons. The maximum Gasteiger partial charge on any atom is 0.306 e. The van der Waals surface area contributed by atoms with Crippen LogP contribution in [-0.2, 0) is 24.5 Å². The van der Waals surface area contributed by atoms with Crippen molar-refractivity contribution in [2.45, 2.75) is 58.9 Å². The average molecular weight is 739 g/mol. The van der Waals surface area contributed by atoms with Crippen molar-refractivity contribution < 1.29 is 24.5 Å². The second-order valence-corrected chi connectivity index (χ2v) is 14.6. The molecule has 2 saturated heterocycles. The average Bonchev–Trinajstić information content (AvgIpc) is 3.81. The number of nitriles is 1. The zero-order chi connectivity index (χ0) is 38.2. The molecule has 0 bridgehead atoms. The maximum absolute atomic E-state index is 11.4. The first-order valence-corrected chi connectivity index (χ1v) is 18.6. The van der Waals surface area contributed by atoms with E-state index in [1.165, 1.54) is 0 Å². The van der Waals surface area contributed by atoms with E-state index < -0.39 is 5.97 Å². The van der Waals surface area contributed by atoms with Gasteiger partial charge in [-0.3, -0.25) is 19.6 Å². The molecule has 2 aliphatic heterocycles. The molecule has 3 aromatic carbocycles. The van der Waals surface area contributed by atoms with Crippen molar-refractivity contribution >= 4 is 39.6 Å². The molecule has 0 unspecified atom stereocenters. The number of carbonyl (C=O) groups is 1. The Kier molecular flexibility index (Phi) is 9.98. The van der Waals surface area contributed by atoms with Gasteiger partial charge in [-0.2, -0.15) is 5.26 Å². The molecule has 6 aromatic rings. The first-order valence-electron chi connectivity index (χ1n) is 18.6. The number of β-amino-alcohol motifs (C(OH)–C–C–N with tert-alkyl or cyclic N) is 1. The molecule has 2 aliphatic rings. The van der Waals surface area contributed by atoms with Crippen LogP contribution < -0.4 is 5.32 Å². The number of aliphatic hydroxyl groups is 2. The number of oxazole rings is 1. The fraction of sp³-hybridized carbons (Fsp3) is 0.333. The molecule has 0 saturated carbocycles.